The minimum Gasteiger partial charge on any atom is -0.497 e. The molecule has 0 bridgehead atoms. The van der Waals surface area contributed by atoms with Gasteiger partial charge in [0, 0.05) is 63.1 Å². The number of benzene rings is 2. The number of fused-ring (bicyclic) bond motifs is 1. The Hall–Kier alpha value is -4.91. The number of piperidine rings is 1. The molecule has 270 valence electrons. The van der Waals surface area contributed by atoms with Crippen molar-refractivity contribution in [3.8, 4) is 23.4 Å². The van der Waals surface area contributed by atoms with Gasteiger partial charge in [-0.05, 0) is 68.8 Å². The number of methoxy groups -OCH3 is 2. The Kier molecular flexibility index (Phi) is 10.4. The van der Waals surface area contributed by atoms with Crippen LogP contribution >= 0.6 is 0 Å². The Labute approximate surface area is 298 Å². The molecule has 3 aliphatic heterocycles. The Morgan fingerprint density at radius 2 is 1.75 bits per heavy atom. The molecule has 0 saturated carbocycles. The highest BCUT2D eigenvalue weighted by Gasteiger charge is 2.59. The molecule has 0 radical (unpaired) electrons. The number of likely N-dealkylation sites (tertiary alicyclic amines) is 1. The molecule has 2 saturated heterocycles. The maximum atomic E-state index is 15.2. The van der Waals surface area contributed by atoms with Crippen LogP contribution < -0.4 is 23.8 Å². The van der Waals surface area contributed by atoms with Gasteiger partial charge in [-0.3, -0.25) is 9.69 Å². The van der Waals surface area contributed by atoms with Crippen LogP contribution in [0.4, 0.5) is 10.5 Å². The van der Waals surface area contributed by atoms with E-state index < -0.39 is 27.5 Å². The van der Waals surface area contributed by atoms with Crippen molar-refractivity contribution in [3.05, 3.63) is 71.4 Å². The molecule has 1 atom stereocenters. The van der Waals surface area contributed by atoms with E-state index in [-0.39, 0.29) is 45.5 Å². The molecule has 6 rings (SSSR count). The molecule has 3 amide bonds. The zero-order valence-electron chi connectivity index (χ0n) is 29.3. The molecular weight excluding hydrogens is 675 g/mol. The third-order valence-corrected chi connectivity index (χ3v) is 11.8. The fourth-order valence-corrected chi connectivity index (χ4v) is 8.89. The number of carbonyl (C=O) groups excluding carboxylic acids is 2. The van der Waals surface area contributed by atoms with Crippen LogP contribution in [0.5, 0.6) is 17.4 Å². The third-order valence-electron chi connectivity index (χ3n) is 10.0. The van der Waals surface area contributed by atoms with E-state index in [0.29, 0.717) is 29.2 Å². The first-order valence-corrected chi connectivity index (χ1v) is 18.5. The van der Waals surface area contributed by atoms with Crippen molar-refractivity contribution in [2.45, 2.75) is 43.2 Å². The Balaban J connectivity index is 1.43. The number of pyridine rings is 1. The number of hydrogen-bond donors (Lipinski definition) is 1. The van der Waals surface area contributed by atoms with E-state index in [9.17, 15) is 18.5 Å². The lowest BCUT2D eigenvalue weighted by molar-refractivity contribution is -0.121. The van der Waals surface area contributed by atoms with E-state index >= 15 is 4.79 Å². The van der Waals surface area contributed by atoms with Gasteiger partial charge in [0.1, 0.15) is 16.4 Å². The van der Waals surface area contributed by atoms with Crippen LogP contribution in [-0.2, 0) is 20.4 Å². The summed E-state index contributed by atoms with van der Waals surface area (Å²) < 4.78 is 46.5. The minimum absolute atomic E-state index is 0.0339. The summed E-state index contributed by atoms with van der Waals surface area (Å²) in [5.41, 5.74) is -1.79. The topological polar surface area (TPSA) is 158 Å². The summed E-state index contributed by atoms with van der Waals surface area (Å²) >= 11 is 0. The SMILES string of the molecule is CCOc1ncccc1C1(NC(=O)N2CCC(N3CCN(CC)CC3)CC2)C(=O)N(S(=O)(=O)c2ccc(OC)cc2OC)c2ccc(C#N)cc21. The van der Waals surface area contributed by atoms with Gasteiger partial charge in [-0.15, -0.1) is 0 Å². The van der Waals surface area contributed by atoms with Crippen molar-refractivity contribution >= 4 is 27.6 Å². The molecule has 0 aliphatic carbocycles. The van der Waals surface area contributed by atoms with Crippen molar-refractivity contribution in [1.82, 2.24) is 25.0 Å². The number of anilines is 1. The lowest BCUT2D eigenvalue weighted by Gasteiger charge is -2.43. The first-order chi connectivity index (χ1) is 24.6. The minimum atomic E-state index is -4.69. The molecule has 14 nitrogen and oxygen atoms in total. The predicted molar refractivity (Wildman–Crippen MR) is 188 cm³/mol. The quantitative estimate of drug-likeness (QED) is 0.329. The molecule has 3 aromatic rings. The summed E-state index contributed by atoms with van der Waals surface area (Å²) in [6.07, 6.45) is 2.99. The monoisotopic (exact) mass is 717 g/mol. The van der Waals surface area contributed by atoms with Crippen LogP contribution in [0.2, 0.25) is 0 Å². The van der Waals surface area contributed by atoms with E-state index in [2.05, 4.69) is 33.1 Å². The first-order valence-electron chi connectivity index (χ1n) is 17.1. The van der Waals surface area contributed by atoms with E-state index in [4.69, 9.17) is 14.2 Å². The van der Waals surface area contributed by atoms with Crippen molar-refractivity contribution in [2.24, 2.45) is 0 Å². The third kappa shape index (κ3) is 6.43. The van der Waals surface area contributed by atoms with Gasteiger partial charge >= 0.3 is 6.03 Å². The van der Waals surface area contributed by atoms with Crippen LogP contribution in [0.15, 0.2) is 59.6 Å². The summed E-state index contributed by atoms with van der Waals surface area (Å²) in [7, 11) is -1.94. The molecule has 15 heteroatoms. The normalized spacial score (nSPS) is 20.1. The van der Waals surface area contributed by atoms with E-state index in [1.165, 1.54) is 56.8 Å². The smallest absolute Gasteiger partial charge is 0.318 e. The number of amides is 3. The molecule has 2 aromatic carbocycles. The highest BCUT2D eigenvalue weighted by atomic mass is 32.2. The molecule has 4 heterocycles. The second kappa shape index (κ2) is 14.7. The number of nitrogens with zero attached hydrogens (tertiary/aromatic N) is 6. The zero-order valence-corrected chi connectivity index (χ0v) is 30.1. The molecular formula is C36H43N7O7S. The second-order valence-corrected chi connectivity index (χ2v) is 14.3. The number of carbonyl (C=O) groups is 2. The number of nitriles is 1. The summed E-state index contributed by atoms with van der Waals surface area (Å²) in [6, 6.07) is 13.4. The summed E-state index contributed by atoms with van der Waals surface area (Å²) in [5.74, 6) is -0.651. The van der Waals surface area contributed by atoms with Gasteiger partial charge in [0.2, 0.25) is 5.88 Å². The average Bonchev–Trinajstić information content (AvgIpc) is 3.42. The highest BCUT2D eigenvalue weighted by Crippen LogP contribution is 2.50. The molecule has 2 fully saturated rings. The number of urea groups is 1. The number of piperazine rings is 1. The fourth-order valence-electron chi connectivity index (χ4n) is 7.28. The van der Waals surface area contributed by atoms with Gasteiger partial charge in [0.05, 0.1) is 43.7 Å². The van der Waals surface area contributed by atoms with E-state index in [1.807, 2.05) is 0 Å². The molecule has 51 heavy (non-hydrogen) atoms. The lowest BCUT2D eigenvalue weighted by Crippen LogP contribution is -2.59. The molecule has 1 N–H and O–H groups in total. The van der Waals surface area contributed by atoms with Crippen LogP contribution in [-0.4, -0.2) is 113 Å². The second-order valence-electron chi connectivity index (χ2n) is 12.6. The van der Waals surface area contributed by atoms with Gasteiger partial charge in [-0.2, -0.15) is 9.57 Å². The number of aromatic nitrogens is 1. The van der Waals surface area contributed by atoms with E-state index in [0.717, 1.165) is 45.6 Å². The zero-order chi connectivity index (χ0) is 36.3. The first kappa shape index (κ1) is 35.9. The number of hydrogen-bond acceptors (Lipinski definition) is 11. The van der Waals surface area contributed by atoms with Crippen LogP contribution in [0.3, 0.4) is 0 Å². The molecule has 1 unspecified atom stereocenters. The number of sulfonamides is 1. The number of ether oxygens (including phenoxy) is 3. The average molecular weight is 718 g/mol. The van der Waals surface area contributed by atoms with Crippen molar-refractivity contribution < 1.29 is 32.2 Å². The summed E-state index contributed by atoms with van der Waals surface area (Å²) in [4.78, 5) is 40.2. The lowest BCUT2D eigenvalue weighted by atomic mass is 9.83. The number of rotatable bonds is 10. The van der Waals surface area contributed by atoms with Gasteiger partial charge in [0.15, 0.2) is 5.54 Å². The van der Waals surface area contributed by atoms with Crippen LogP contribution in [0, 0.1) is 11.3 Å². The largest absolute Gasteiger partial charge is 0.497 e. The Bertz CT molecular complexity index is 1940. The van der Waals surface area contributed by atoms with E-state index in [1.54, 1.807) is 24.0 Å². The van der Waals surface area contributed by atoms with Crippen molar-refractivity contribution in [1.29, 1.82) is 5.26 Å². The standard InChI is InChI=1S/C36H43N7O7S/c1-5-40-18-20-41(21-19-40)26-13-16-42(17-14-26)35(45)39-36(28-8-7-15-38-33(28)50-6-2)29-22-25(24-37)9-11-30(29)43(34(36)44)51(46,47)32-12-10-27(48-3)23-31(32)49-4/h7-12,15,22-23,26H,5-6,13-14,16-21H2,1-4H3,(H,39,45). The van der Waals surface area contributed by atoms with Crippen molar-refractivity contribution in [2.75, 3.05) is 70.9 Å². The number of nitrogens with one attached hydrogen (secondary N) is 1. The predicted octanol–water partition coefficient (Wildman–Crippen LogP) is 3.16. The van der Waals surface area contributed by atoms with Gasteiger partial charge in [-0.25, -0.2) is 18.2 Å². The molecule has 1 aromatic heterocycles. The van der Waals surface area contributed by atoms with Gasteiger partial charge in [-0.1, -0.05) is 6.92 Å². The Morgan fingerprint density at radius 3 is 2.39 bits per heavy atom. The highest BCUT2D eigenvalue weighted by molar-refractivity contribution is 7.93. The maximum absolute atomic E-state index is 15.2. The fraction of sp³-hybridized carbons (Fsp3) is 0.444. The molecule has 3 aliphatic rings. The number of likely N-dealkylation sites (N-methyl/N-ethyl adjacent to an activating group) is 1. The van der Waals surface area contributed by atoms with Gasteiger partial charge in [0.25, 0.3) is 15.9 Å². The summed E-state index contributed by atoms with van der Waals surface area (Å²) in [5, 5.41) is 12.9. The van der Waals surface area contributed by atoms with Crippen LogP contribution in [0.25, 0.3) is 0 Å². The van der Waals surface area contributed by atoms with Crippen LogP contribution in [0.1, 0.15) is 43.4 Å². The van der Waals surface area contributed by atoms with Gasteiger partial charge < -0.3 is 29.3 Å². The molecule has 0 spiro atoms. The van der Waals surface area contributed by atoms with Crippen molar-refractivity contribution in [3.63, 3.8) is 0 Å². The Morgan fingerprint density at radius 1 is 1.00 bits per heavy atom. The maximum Gasteiger partial charge on any atom is 0.318 e. The summed E-state index contributed by atoms with van der Waals surface area (Å²) in [6.45, 7) is 9.99.